The zero-order chi connectivity index (χ0) is 38.9. The van der Waals surface area contributed by atoms with E-state index < -0.39 is 11.4 Å². The third-order valence-corrected chi connectivity index (χ3v) is 16.8. The molecule has 1 aromatic carbocycles. The molecule has 4 saturated carbocycles. The van der Waals surface area contributed by atoms with Crippen molar-refractivity contribution < 1.29 is 19.4 Å². The molecule has 9 unspecified atom stereocenters. The molecular weight excluding hydrogens is 655 g/mol. The Kier molecular flexibility index (Phi) is 10.8. The van der Waals surface area contributed by atoms with E-state index in [2.05, 4.69) is 98.2 Å². The van der Waals surface area contributed by atoms with Gasteiger partial charge in [-0.05, 0) is 143 Å². The third-order valence-electron chi connectivity index (χ3n) is 16.8. The number of hydrogen-bond donors (Lipinski definition) is 1. The molecule has 1 N–H and O–H groups in total. The number of carboxylic acids is 1. The van der Waals surface area contributed by atoms with Crippen LogP contribution in [0.15, 0.2) is 47.7 Å². The highest BCUT2D eigenvalue weighted by atomic mass is 16.5. The lowest BCUT2D eigenvalue weighted by atomic mass is 9.36. The molecule has 6 rings (SSSR count). The first kappa shape index (κ1) is 40.3. The van der Waals surface area contributed by atoms with Crippen LogP contribution in [0, 0.1) is 69.5 Å². The molecule has 0 saturated heterocycles. The van der Waals surface area contributed by atoms with Crippen LogP contribution in [-0.4, -0.2) is 41.5 Å². The highest BCUT2D eigenvalue weighted by Gasteiger charge is 2.67. The summed E-state index contributed by atoms with van der Waals surface area (Å²) in [5.41, 5.74) is 5.05. The number of carboxylic acid groups (broad SMARTS) is 1. The predicted octanol–water partition coefficient (Wildman–Crippen LogP) is 11.4. The van der Waals surface area contributed by atoms with E-state index in [1.165, 1.54) is 48.8 Å². The van der Waals surface area contributed by atoms with E-state index in [-0.39, 0.29) is 33.7 Å². The summed E-state index contributed by atoms with van der Waals surface area (Å²) < 4.78 is 6.72. The molecule has 5 aliphatic carbocycles. The standard InChI is InChI=1S/C48H73NO4/c1-13-45(9)39-21-23-46(10)36-20-25-48(32(5)28-49(12)29-34-16-14-31(4)15-17-34)27-37(50)41(30(2)3)42(48)35(36)18-19-38(46)47(39,11)24-22-40(45)53-33(6)26-44(7,8)43(51)52/h14-17,30,32,35-36,38-40H,6,13,18-29H2,1-5,7-12H3,(H,51,52)/t32?,35?,36?,38?,39-,40?,45?,46?,47?,48?/m0/s1. The fraction of sp³-hybridized carbons (Fsp3) is 0.750. The van der Waals surface area contributed by atoms with Gasteiger partial charge in [-0.15, -0.1) is 0 Å². The largest absolute Gasteiger partial charge is 0.495 e. The van der Waals surface area contributed by atoms with E-state index in [9.17, 15) is 14.7 Å². The van der Waals surface area contributed by atoms with Crippen molar-refractivity contribution in [3.8, 4) is 0 Å². The SMILES string of the molecule is C=C(CC(C)(C)C(=O)O)OC1CCC2(C)C3CCC4C5=C(C(C)C)C(=O)CC5(C(C)CN(C)Cc5ccc(C)cc5)CCC4C3(C)CC[C@H]2C1(C)CC. The summed E-state index contributed by atoms with van der Waals surface area (Å²) in [6, 6.07) is 8.96. The number of carbonyl (C=O) groups excluding carboxylic acids is 1. The second-order valence-electron chi connectivity index (χ2n) is 20.7. The summed E-state index contributed by atoms with van der Waals surface area (Å²) in [6.07, 6.45) is 11.6. The normalized spacial score (nSPS) is 37.5. The monoisotopic (exact) mass is 728 g/mol. The molecular formula is C48H73NO4. The van der Waals surface area contributed by atoms with Gasteiger partial charge >= 0.3 is 5.97 Å². The Morgan fingerprint density at radius 2 is 1.64 bits per heavy atom. The number of carbonyl (C=O) groups is 2. The summed E-state index contributed by atoms with van der Waals surface area (Å²) in [4.78, 5) is 28.6. The zero-order valence-electron chi connectivity index (χ0n) is 35.4. The maximum absolute atomic E-state index is 14.2. The second-order valence-corrected chi connectivity index (χ2v) is 20.7. The van der Waals surface area contributed by atoms with Crippen LogP contribution >= 0.6 is 0 Å². The number of Topliss-reactive ketones (excluding diaryl/α,β-unsaturated/α-hetero) is 1. The van der Waals surface area contributed by atoms with Gasteiger partial charge in [0.05, 0.1) is 11.2 Å². The number of fused-ring (bicyclic) bond motifs is 7. The van der Waals surface area contributed by atoms with Gasteiger partial charge in [-0.3, -0.25) is 9.59 Å². The van der Waals surface area contributed by atoms with Gasteiger partial charge in [-0.2, -0.15) is 0 Å². The Labute approximate surface area is 322 Å². The Morgan fingerprint density at radius 3 is 2.26 bits per heavy atom. The molecule has 5 aliphatic rings. The van der Waals surface area contributed by atoms with Crippen molar-refractivity contribution in [2.75, 3.05) is 13.6 Å². The minimum absolute atomic E-state index is 0.00839. The highest BCUT2D eigenvalue weighted by Crippen LogP contribution is 2.74. The molecule has 0 bridgehead atoms. The predicted molar refractivity (Wildman–Crippen MR) is 216 cm³/mol. The minimum Gasteiger partial charge on any atom is -0.495 e. The van der Waals surface area contributed by atoms with Crippen molar-refractivity contribution in [3.05, 3.63) is 58.9 Å². The number of aliphatic carboxylic acids is 1. The molecule has 0 heterocycles. The molecule has 1 aromatic rings. The fourth-order valence-electron chi connectivity index (χ4n) is 14.0. The van der Waals surface area contributed by atoms with Crippen molar-refractivity contribution >= 4 is 11.8 Å². The molecule has 0 amide bonds. The number of allylic oxidation sites excluding steroid dienone is 3. The maximum atomic E-state index is 14.2. The summed E-state index contributed by atoms with van der Waals surface area (Å²) in [5.74, 6) is 3.29. The van der Waals surface area contributed by atoms with Gasteiger partial charge in [0.25, 0.3) is 0 Å². The van der Waals surface area contributed by atoms with Crippen LogP contribution < -0.4 is 0 Å². The first-order chi connectivity index (χ1) is 24.7. The molecule has 294 valence electrons. The molecule has 53 heavy (non-hydrogen) atoms. The number of nitrogens with zero attached hydrogens (tertiary/aromatic N) is 1. The van der Waals surface area contributed by atoms with E-state index in [0.29, 0.717) is 54.0 Å². The zero-order valence-corrected chi connectivity index (χ0v) is 35.4. The van der Waals surface area contributed by atoms with Gasteiger partial charge < -0.3 is 14.7 Å². The topological polar surface area (TPSA) is 66.8 Å². The van der Waals surface area contributed by atoms with Crippen LogP contribution in [0.4, 0.5) is 0 Å². The molecule has 0 radical (unpaired) electrons. The summed E-state index contributed by atoms with van der Waals surface area (Å²) in [7, 11) is 2.27. The average molecular weight is 728 g/mol. The molecule has 0 aromatic heterocycles. The van der Waals surface area contributed by atoms with Gasteiger partial charge in [-0.25, -0.2) is 0 Å². The lowest BCUT2D eigenvalue weighted by Crippen LogP contribution is -2.63. The Morgan fingerprint density at radius 1 is 0.981 bits per heavy atom. The molecule has 5 heteroatoms. The van der Waals surface area contributed by atoms with E-state index in [1.807, 2.05) is 0 Å². The summed E-state index contributed by atoms with van der Waals surface area (Å²) >= 11 is 0. The molecule has 0 spiro atoms. The molecule has 5 nitrogen and oxygen atoms in total. The first-order valence-corrected chi connectivity index (χ1v) is 21.3. The smallest absolute Gasteiger partial charge is 0.309 e. The number of ketones is 1. The number of benzene rings is 1. The van der Waals surface area contributed by atoms with Gasteiger partial charge in [-0.1, -0.05) is 90.4 Å². The van der Waals surface area contributed by atoms with Crippen LogP contribution in [0.1, 0.15) is 144 Å². The van der Waals surface area contributed by atoms with Crippen molar-refractivity contribution in [2.24, 2.45) is 62.6 Å². The van der Waals surface area contributed by atoms with Crippen molar-refractivity contribution in [1.29, 1.82) is 0 Å². The third kappa shape index (κ3) is 6.69. The van der Waals surface area contributed by atoms with E-state index in [4.69, 9.17) is 4.74 Å². The Balaban J connectivity index is 1.25. The average Bonchev–Trinajstić information content (AvgIpc) is 3.40. The number of aryl methyl sites for hydroxylation is 1. The van der Waals surface area contributed by atoms with E-state index in [0.717, 1.165) is 38.8 Å². The van der Waals surface area contributed by atoms with Crippen molar-refractivity contribution in [2.45, 2.75) is 153 Å². The summed E-state index contributed by atoms with van der Waals surface area (Å²) in [5, 5.41) is 9.77. The van der Waals surface area contributed by atoms with E-state index in [1.54, 1.807) is 19.4 Å². The van der Waals surface area contributed by atoms with Crippen LogP contribution in [0.3, 0.4) is 0 Å². The van der Waals surface area contributed by atoms with Gasteiger partial charge in [0.2, 0.25) is 0 Å². The number of ether oxygens (including phenoxy) is 1. The number of rotatable bonds is 12. The molecule has 4 fully saturated rings. The van der Waals surface area contributed by atoms with Crippen LogP contribution in [0.25, 0.3) is 0 Å². The van der Waals surface area contributed by atoms with E-state index >= 15 is 0 Å². The van der Waals surface area contributed by atoms with Crippen LogP contribution in [0.2, 0.25) is 0 Å². The van der Waals surface area contributed by atoms with Gasteiger partial charge in [0, 0.05) is 36.8 Å². The fourth-order valence-corrected chi connectivity index (χ4v) is 14.0. The maximum Gasteiger partial charge on any atom is 0.309 e. The second kappa shape index (κ2) is 14.3. The lowest BCUT2D eigenvalue weighted by Gasteiger charge is -2.69. The first-order valence-electron chi connectivity index (χ1n) is 21.3. The summed E-state index contributed by atoms with van der Waals surface area (Å²) in [6.45, 7) is 29.0. The Hall–Kier alpha value is -2.40. The lowest BCUT2D eigenvalue weighted by molar-refractivity contribution is -0.212. The quantitative estimate of drug-likeness (QED) is 0.217. The molecule has 10 atom stereocenters. The van der Waals surface area contributed by atoms with Crippen LogP contribution in [-0.2, 0) is 20.9 Å². The van der Waals surface area contributed by atoms with Gasteiger partial charge in [0.15, 0.2) is 5.78 Å². The minimum atomic E-state index is -0.893. The Bertz CT molecular complexity index is 1600. The van der Waals surface area contributed by atoms with Crippen molar-refractivity contribution in [3.63, 3.8) is 0 Å². The van der Waals surface area contributed by atoms with Crippen molar-refractivity contribution in [1.82, 2.24) is 4.90 Å². The number of hydrogen-bond acceptors (Lipinski definition) is 4. The highest BCUT2D eigenvalue weighted by molar-refractivity contribution is 6.00. The van der Waals surface area contributed by atoms with Crippen LogP contribution in [0.5, 0.6) is 0 Å². The van der Waals surface area contributed by atoms with Gasteiger partial charge in [0.1, 0.15) is 6.10 Å². The molecule has 0 aliphatic heterocycles.